The molecule has 0 amide bonds. The molecule has 0 aromatic rings. The summed E-state index contributed by atoms with van der Waals surface area (Å²) >= 11 is 0. The average molecular weight is 1290 g/mol. The van der Waals surface area contributed by atoms with Gasteiger partial charge >= 0.3 is 0 Å². The number of aliphatic hydroxyl groups is 19. The number of ether oxygens (including phenoxy) is 9. The Balaban J connectivity index is 0.947. The molecule has 0 bridgehead atoms. The fourth-order valence-electron chi connectivity index (χ4n) is 17.5. The highest BCUT2D eigenvalue weighted by molar-refractivity contribution is 5.32. The van der Waals surface area contributed by atoms with Gasteiger partial charge in [-0.05, 0) is 106 Å². The van der Waals surface area contributed by atoms with Gasteiger partial charge in [0.15, 0.2) is 25.2 Å². The summed E-state index contributed by atoms with van der Waals surface area (Å²) in [5.41, 5.74) is -2.35. The second-order valence-electron chi connectivity index (χ2n) is 29.2. The molecule has 516 valence electrons. The van der Waals surface area contributed by atoms with Crippen molar-refractivity contribution in [2.24, 2.45) is 51.2 Å². The van der Waals surface area contributed by atoms with Crippen LogP contribution < -0.4 is 0 Å². The molecule has 0 aromatic carbocycles. The number of rotatable bonds is 20. The molecule has 28 heteroatoms. The molecule has 3 unspecified atom stereocenters. The maximum Gasteiger partial charge on any atom is 0.187 e. The molecule has 5 aliphatic carbocycles. The largest absolute Gasteiger partial charge is 0.396 e. The summed E-state index contributed by atoms with van der Waals surface area (Å²) in [6, 6.07) is 0. The van der Waals surface area contributed by atoms with Crippen LogP contribution in [0.5, 0.6) is 0 Å². The van der Waals surface area contributed by atoms with Crippen molar-refractivity contribution in [1.29, 1.82) is 0 Å². The maximum atomic E-state index is 12.8. The number of hydrogen-bond donors (Lipinski definition) is 19. The third-order valence-electron chi connectivity index (χ3n) is 23.4. The van der Waals surface area contributed by atoms with Crippen molar-refractivity contribution in [3.63, 3.8) is 0 Å². The highest BCUT2D eigenvalue weighted by Gasteiger charge is 2.70. The number of fused-ring (bicyclic) bond motifs is 5. The zero-order valence-corrected chi connectivity index (χ0v) is 52.1. The Kier molecular flexibility index (Phi) is 22.3. The van der Waals surface area contributed by atoms with E-state index in [2.05, 4.69) is 47.6 Å². The summed E-state index contributed by atoms with van der Waals surface area (Å²) < 4.78 is 55.0. The van der Waals surface area contributed by atoms with Crippen molar-refractivity contribution in [2.45, 2.75) is 284 Å². The lowest BCUT2D eigenvalue weighted by molar-refractivity contribution is -0.386. The van der Waals surface area contributed by atoms with Crippen LogP contribution in [0.15, 0.2) is 11.6 Å². The molecule has 9 aliphatic rings. The summed E-state index contributed by atoms with van der Waals surface area (Å²) in [7, 11) is 0. The van der Waals surface area contributed by atoms with Crippen molar-refractivity contribution >= 4 is 0 Å². The Morgan fingerprint density at radius 3 is 1.66 bits per heavy atom. The first-order valence-corrected chi connectivity index (χ1v) is 31.9. The standard InChI is InChI=1S/C61H104O28/c1-24(26-15-16-59(6)34-12-10-27-28(61(34,8)35(66)18-60(26,59)7)11-14-36(57(27,2)3)87-54-50(79)46(75)41(70)31(21-64)84-54)9-13-37(58(4,5)80)88-55-52(48(77)43(72)33(86-55)23-81-53-49(78)45(74)40(69)30(20-63)83-53)89-56-51(47(76)42(71)32(22-65)85-56)82-29-17-25(19-62)38(67)44(73)39(29)68/h10,24-26,28-56,62-80H,9,11-23H2,1-8H3/t24-,25-,26?,28?,29+,30-,31-,32-,33-,34?,35-,36+,37-,38-,39+,40-,41-,42-,43-,44+,45+,46+,47+,48+,49-,50-,51-,52-,53+,54+,55+,56+,59+,60-,61+/m1/s1. The summed E-state index contributed by atoms with van der Waals surface area (Å²) in [6.07, 6.45) is -36.4. The van der Waals surface area contributed by atoms with Crippen LogP contribution in [0.25, 0.3) is 0 Å². The maximum absolute atomic E-state index is 12.8. The highest BCUT2D eigenvalue weighted by Crippen LogP contribution is 2.75. The molecular formula is C61H104O28. The molecule has 4 saturated heterocycles. The number of aliphatic hydroxyl groups excluding tert-OH is 18. The van der Waals surface area contributed by atoms with Gasteiger partial charge in [-0.15, -0.1) is 0 Å². The van der Waals surface area contributed by atoms with Crippen molar-refractivity contribution < 1.29 is 140 Å². The summed E-state index contributed by atoms with van der Waals surface area (Å²) in [4.78, 5) is 0. The van der Waals surface area contributed by atoms with Crippen LogP contribution in [0.1, 0.15) is 113 Å². The van der Waals surface area contributed by atoms with Crippen LogP contribution in [0.2, 0.25) is 0 Å². The van der Waals surface area contributed by atoms with E-state index in [4.69, 9.17) is 42.6 Å². The second-order valence-corrected chi connectivity index (χ2v) is 29.2. The van der Waals surface area contributed by atoms with E-state index >= 15 is 0 Å². The van der Waals surface area contributed by atoms with Crippen LogP contribution in [-0.4, -0.2) is 301 Å². The average Bonchev–Trinajstić information content (AvgIpc) is 1.69. The molecule has 28 nitrogen and oxygen atoms in total. The van der Waals surface area contributed by atoms with E-state index in [1.807, 2.05) is 0 Å². The van der Waals surface area contributed by atoms with Gasteiger partial charge in [-0.3, -0.25) is 0 Å². The van der Waals surface area contributed by atoms with Crippen LogP contribution in [0.4, 0.5) is 0 Å². The van der Waals surface area contributed by atoms with Crippen molar-refractivity contribution in [3.05, 3.63) is 11.6 Å². The molecule has 8 fully saturated rings. The minimum absolute atomic E-state index is 0.0268. The molecule has 35 atom stereocenters. The summed E-state index contributed by atoms with van der Waals surface area (Å²) in [5, 5.41) is 207. The Labute approximate surface area is 518 Å². The molecule has 89 heavy (non-hydrogen) atoms. The van der Waals surface area contributed by atoms with Gasteiger partial charge in [-0.25, -0.2) is 0 Å². The quantitative estimate of drug-likeness (QED) is 0.0509. The van der Waals surface area contributed by atoms with Gasteiger partial charge in [-0.2, -0.15) is 0 Å². The topological polar surface area (TPSA) is 467 Å². The van der Waals surface area contributed by atoms with Gasteiger partial charge in [0.25, 0.3) is 0 Å². The first-order valence-electron chi connectivity index (χ1n) is 31.9. The first-order chi connectivity index (χ1) is 41.7. The van der Waals surface area contributed by atoms with Crippen molar-refractivity contribution in [1.82, 2.24) is 0 Å². The minimum atomic E-state index is -2.05. The van der Waals surface area contributed by atoms with E-state index in [1.165, 1.54) is 13.8 Å². The molecule has 4 heterocycles. The number of allylic oxidation sites excluding steroid dienone is 1. The van der Waals surface area contributed by atoms with E-state index in [0.717, 1.165) is 18.4 Å². The molecule has 0 spiro atoms. The minimum Gasteiger partial charge on any atom is -0.396 e. The molecule has 4 aliphatic heterocycles. The molecule has 0 radical (unpaired) electrons. The molecular weight excluding hydrogens is 1180 g/mol. The van der Waals surface area contributed by atoms with E-state index in [-0.39, 0.29) is 47.3 Å². The van der Waals surface area contributed by atoms with Gasteiger partial charge in [-0.1, -0.05) is 53.2 Å². The van der Waals surface area contributed by atoms with Crippen LogP contribution >= 0.6 is 0 Å². The van der Waals surface area contributed by atoms with E-state index in [0.29, 0.717) is 32.1 Å². The predicted octanol–water partition coefficient (Wildman–Crippen LogP) is -4.74. The van der Waals surface area contributed by atoms with Gasteiger partial charge in [0.2, 0.25) is 0 Å². The lowest BCUT2D eigenvalue weighted by Crippen LogP contribution is -2.67. The molecule has 0 aromatic heterocycles. The summed E-state index contributed by atoms with van der Waals surface area (Å²) in [5.74, 6) is -0.988. The Bertz CT molecular complexity index is 2340. The zero-order valence-electron chi connectivity index (χ0n) is 52.1. The second kappa shape index (κ2) is 27.6. The highest BCUT2D eigenvalue weighted by atomic mass is 16.8. The van der Waals surface area contributed by atoms with Crippen molar-refractivity contribution in [3.8, 4) is 0 Å². The monoisotopic (exact) mass is 1280 g/mol. The number of hydrogen-bond acceptors (Lipinski definition) is 28. The van der Waals surface area contributed by atoms with E-state index in [1.54, 1.807) is 0 Å². The van der Waals surface area contributed by atoms with Gasteiger partial charge in [0, 0.05) is 23.4 Å². The zero-order chi connectivity index (χ0) is 65.5. The van der Waals surface area contributed by atoms with E-state index < -0.39 is 221 Å². The lowest BCUT2D eigenvalue weighted by Gasteiger charge is -2.67. The predicted molar refractivity (Wildman–Crippen MR) is 303 cm³/mol. The smallest absolute Gasteiger partial charge is 0.187 e. The first kappa shape index (κ1) is 71.9. The molecule has 9 rings (SSSR count). The molecule has 19 N–H and O–H groups in total. The Morgan fingerprint density at radius 1 is 0.551 bits per heavy atom. The fourth-order valence-corrected chi connectivity index (χ4v) is 17.5. The third kappa shape index (κ3) is 13.0. The lowest BCUT2D eigenvalue weighted by atomic mass is 9.38. The van der Waals surface area contributed by atoms with E-state index in [9.17, 15) is 97.0 Å². The van der Waals surface area contributed by atoms with Crippen LogP contribution in [0, 0.1) is 51.2 Å². The van der Waals surface area contributed by atoms with Crippen molar-refractivity contribution in [2.75, 3.05) is 33.0 Å². The summed E-state index contributed by atoms with van der Waals surface area (Å²) in [6.45, 7) is 12.5. The third-order valence-corrected chi connectivity index (χ3v) is 23.4. The Morgan fingerprint density at radius 2 is 1.08 bits per heavy atom. The van der Waals surface area contributed by atoms with Gasteiger partial charge in [0.05, 0.1) is 62.5 Å². The van der Waals surface area contributed by atoms with Crippen LogP contribution in [0.3, 0.4) is 0 Å². The fraction of sp³-hybridized carbons (Fsp3) is 0.967. The van der Waals surface area contributed by atoms with Gasteiger partial charge < -0.3 is 140 Å². The van der Waals surface area contributed by atoms with Crippen LogP contribution in [-0.2, 0) is 42.6 Å². The molecule has 4 saturated carbocycles. The SMILES string of the molecule is C[C@H](CC[C@@H](O[C@@H]1O[C@H](CO[C@H]2O[C@H](CO)[C@@H](O)[C@H](O)[C@H]2O)[C@@H](O)[C@H](O)[C@H]1O[C@@H]1O[C@H](CO)[C@@H](O)[C@H](O)[C@H]1O[C@H]1C[C@H](CO)[C@@H](O)[C@H](O)[C@H]1O)C(C)(C)O)C1CC[C@@]2(C)C3CC=C4C(CC[C@H](O[C@@H]5O[C@H](CO)[C@@H](O)[C@H](O)[C@H]5O)C4(C)C)[C@]3(C)[C@H](O)C[C@]12C. The normalized spacial score (nSPS) is 51.8. The Hall–Kier alpha value is -1.38. The van der Waals surface area contributed by atoms with Gasteiger partial charge in [0.1, 0.15) is 110 Å².